The maximum atomic E-state index is 12.0. The van der Waals surface area contributed by atoms with Crippen molar-refractivity contribution in [3.8, 4) is 0 Å². The van der Waals surface area contributed by atoms with Crippen molar-refractivity contribution in [1.29, 1.82) is 0 Å². The first-order chi connectivity index (χ1) is 11.8. The zero-order valence-electron chi connectivity index (χ0n) is 14.5. The predicted molar refractivity (Wildman–Crippen MR) is 91.8 cm³/mol. The van der Waals surface area contributed by atoms with Gasteiger partial charge in [-0.15, -0.1) is 5.10 Å². The molecule has 6 heteroatoms. The van der Waals surface area contributed by atoms with Crippen LogP contribution in [0.4, 0.5) is 0 Å². The Kier molecular flexibility index (Phi) is 4.83. The Bertz CT molecular complexity index is 552. The van der Waals surface area contributed by atoms with E-state index in [9.17, 15) is 4.79 Å². The molecule has 2 aliphatic carbocycles. The van der Waals surface area contributed by atoms with Gasteiger partial charge in [-0.3, -0.25) is 4.79 Å². The highest BCUT2D eigenvalue weighted by Gasteiger charge is 2.28. The molecule has 0 atom stereocenters. The SMILES string of the molecule is O=C(NC1CC1)c1cn(C2CCN(C3CCCCCC3)CC2)nn1. The zero-order valence-corrected chi connectivity index (χ0v) is 14.5. The number of hydrogen-bond acceptors (Lipinski definition) is 4. The Hall–Kier alpha value is -1.43. The van der Waals surface area contributed by atoms with Crippen LogP contribution in [0.5, 0.6) is 0 Å². The summed E-state index contributed by atoms with van der Waals surface area (Å²) in [6.07, 6.45) is 14.6. The highest BCUT2D eigenvalue weighted by atomic mass is 16.2. The van der Waals surface area contributed by atoms with Crippen LogP contribution >= 0.6 is 0 Å². The van der Waals surface area contributed by atoms with Gasteiger partial charge in [-0.25, -0.2) is 4.68 Å². The van der Waals surface area contributed by atoms with Crippen LogP contribution in [0.1, 0.15) is 80.7 Å². The molecule has 4 rings (SSSR count). The van der Waals surface area contributed by atoms with Crippen molar-refractivity contribution in [2.75, 3.05) is 13.1 Å². The van der Waals surface area contributed by atoms with Crippen molar-refractivity contribution < 1.29 is 4.79 Å². The summed E-state index contributed by atoms with van der Waals surface area (Å²) in [6, 6.07) is 1.55. The molecule has 0 aromatic carbocycles. The van der Waals surface area contributed by atoms with Crippen LogP contribution < -0.4 is 5.32 Å². The number of nitrogens with zero attached hydrogens (tertiary/aromatic N) is 4. The topological polar surface area (TPSA) is 63.1 Å². The van der Waals surface area contributed by atoms with Gasteiger partial charge in [0.25, 0.3) is 5.91 Å². The number of nitrogens with one attached hydrogen (secondary N) is 1. The minimum atomic E-state index is -0.0698. The van der Waals surface area contributed by atoms with Crippen LogP contribution in [0.15, 0.2) is 6.20 Å². The van der Waals surface area contributed by atoms with Gasteiger partial charge in [0, 0.05) is 25.2 Å². The molecule has 1 saturated heterocycles. The summed E-state index contributed by atoms with van der Waals surface area (Å²) in [5, 5.41) is 11.3. The van der Waals surface area contributed by atoms with E-state index in [2.05, 4.69) is 20.5 Å². The fourth-order valence-corrected chi connectivity index (χ4v) is 4.18. The van der Waals surface area contributed by atoms with Crippen LogP contribution in [-0.2, 0) is 0 Å². The van der Waals surface area contributed by atoms with E-state index in [4.69, 9.17) is 0 Å². The first-order valence-electron chi connectivity index (χ1n) is 9.76. The molecule has 1 aromatic heterocycles. The minimum absolute atomic E-state index is 0.0698. The molecule has 1 aliphatic heterocycles. The molecular weight excluding hydrogens is 302 g/mol. The van der Waals surface area contributed by atoms with Crippen molar-refractivity contribution in [3.05, 3.63) is 11.9 Å². The third kappa shape index (κ3) is 3.79. The van der Waals surface area contributed by atoms with Gasteiger partial charge >= 0.3 is 0 Å². The summed E-state index contributed by atoms with van der Waals surface area (Å²) in [4.78, 5) is 14.7. The van der Waals surface area contributed by atoms with E-state index in [1.54, 1.807) is 0 Å². The lowest BCUT2D eigenvalue weighted by Gasteiger charge is -2.37. The largest absolute Gasteiger partial charge is 0.348 e. The number of carbonyl (C=O) groups excluding carboxylic acids is 1. The second kappa shape index (κ2) is 7.21. The molecule has 2 heterocycles. The summed E-state index contributed by atoms with van der Waals surface area (Å²) < 4.78 is 1.92. The molecule has 2 saturated carbocycles. The predicted octanol–water partition coefficient (Wildman–Crippen LogP) is 2.53. The maximum Gasteiger partial charge on any atom is 0.273 e. The number of rotatable bonds is 4. The van der Waals surface area contributed by atoms with Gasteiger partial charge in [0.05, 0.1) is 12.2 Å². The number of aromatic nitrogens is 3. The van der Waals surface area contributed by atoms with Crippen LogP contribution in [-0.4, -0.2) is 51.0 Å². The minimum Gasteiger partial charge on any atom is -0.348 e. The van der Waals surface area contributed by atoms with Crippen molar-refractivity contribution in [2.45, 2.75) is 82.3 Å². The Morgan fingerprint density at radius 1 is 0.958 bits per heavy atom. The van der Waals surface area contributed by atoms with Gasteiger partial charge in [-0.1, -0.05) is 30.9 Å². The van der Waals surface area contributed by atoms with Gasteiger partial charge < -0.3 is 10.2 Å². The fraction of sp³-hybridized carbons (Fsp3) is 0.833. The normalized spacial score (nSPS) is 24.7. The average Bonchev–Trinajstić information content (AvgIpc) is 3.35. The fourth-order valence-electron chi connectivity index (χ4n) is 4.18. The van der Waals surface area contributed by atoms with E-state index in [-0.39, 0.29) is 5.91 Å². The Morgan fingerprint density at radius 2 is 1.67 bits per heavy atom. The molecule has 3 fully saturated rings. The molecule has 24 heavy (non-hydrogen) atoms. The van der Waals surface area contributed by atoms with Gasteiger partial charge in [0.1, 0.15) is 0 Å². The molecule has 0 radical (unpaired) electrons. The number of amides is 1. The molecule has 1 amide bonds. The number of piperidine rings is 1. The second-order valence-corrected chi connectivity index (χ2v) is 7.74. The van der Waals surface area contributed by atoms with Crippen LogP contribution in [0.3, 0.4) is 0 Å². The standard InChI is InChI=1S/C18H29N5O/c24-18(19-14-7-8-14)17-13-23(21-20-17)16-9-11-22(12-10-16)15-5-3-1-2-4-6-15/h13-16H,1-12H2,(H,19,24). The lowest BCUT2D eigenvalue weighted by atomic mass is 10.00. The zero-order chi connectivity index (χ0) is 16.4. The van der Waals surface area contributed by atoms with E-state index in [1.165, 1.54) is 38.5 Å². The van der Waals surface area contributed by atoms with E-state index >= 15 is 0 Å². The molecule has 1 aromatic rings. The molecule has 132 valence electrons. The number of likely N-dealkylation sites (tertiary alicyclic amines) is 1. The Morgan fingerprint density at radius 3 is 2.33 bits per heavy atom. The lowest BCUT2D eigenvalue weighted by Crippen LogP contribution is -2.41. The van der Waals surface area contributed by atoms with E-state index in [0.717, 1.165) is 44.8 Å². The highest BCUT2D eigenvalue weighted by Crippen LogP contribution is 2.28. The van der Waals surface area contributed by atoms with Gasteiger partial charge in [0.15, 0.2) is 5.69 Å². The van der Waals surface area contributed by atoms with Crippen molar-refractivity contribution in [2.24, 2.45) is 0 Å². The van der Waals surface area contributed by atoms with Crippen LogP contribution in [0.25, 0.3) is 0 Å². The van der Waals surface area contributed by atoms with Crippen molar-refractivity contribution in [3.63, 3.8) is 0 Å². The van der Waals surface area contributed by atoms with Crippen molar-refractivity contribution in [1.82, 2.24) is 25.2 Å². The molecule has 0 spiro atoms. The first kappa shape index (κ1) is 16.1. The quantitative estimate of drug-likeness (QED) is 0.861. The summed E-state index contributed by atoms with van der Waals surface area (Å²) in [7, 11) is 0. The van der Waals surface area contributed by atoms with E-state index in [0.29, 0.717) is 17.8 Å². The monoisotopic (exact) mass is 331 g/mol. The smallest absolute Gasteiger partial charge is 0.273 e. The molecular formula is C18H29N5O. The average molecular weight is 331 g/mol. The summed E-state index contributed by atoms with van der Waals surface area (Å²) in [5.74, 6) is -0.0698. The summed E-state index contributed by atoms with van der Waals surface area (Å²) in [6.45, 7) is 2.30. The van der Waals surface area contributed by atoms with Gasteiger partial charge in [0.2, 0.25) is 0 Å². The lowest BCUT2D eigenvalue weighted by molar-refractivity contribution is 0.0946. The molecule has 0 unspecified atom stereocenters. The first-order valence-corrected chi connectivity index (χ1v) is 9.76. The van der Waals surface area contributed by atoms with Crippen LogP contribution in [0.2, 0.25) is 0 Å². The van der Waals surface area contributed by atoms with Crippen molar-refractivity contribution >= 4 is 5.91 Å². The Balaban J connectivity index is 1.30. The summed E-state index contributed by atoms with van der Waals surface area (Å²) >= 11 is 0. The highest BCUT2D eigenvalue weighted by molar-refractivity contribution is 5.92. The van der Waals surface area contributed by atoms with Gasteiger partial charge in [-0.05, 0) is 38.5 Å². The van der Waals surface area contributed by atoms with E-state index < -0.39 is 0 Å². The summed E-state index contributed by atoms with van der Waals surface area (Å²) in [5.41, 5.74) is 0.466. The Labute approximate surface area is 144 Å². The van der Waals surface area contributed by atoms with E-state index in [1.807, 2.05) is 10.9 Å². The van der Waals surface area contributed by atoms with Crippen LogP contribution in [0, 0.1) is 0 Å². The number of carbonyl (C=O) groups is 1. The maximum absolute atomic E-state index is 12.0. The third-order valence-electron chi connectivity index (χ3n) is 5.87. The molecule has 1 N–H and O–H groups in total. The third-order valence-corrected chi connectivity index (χ3v) is 5.87. The molecule has 6 nitrogen and oxygen atoms in total. The van der Waals surface area contributed by atoms with Gasteiger partial charge in [-0.2, -0.15) is 0 Å². The molecule has 0 bridgehead atoms. The second-order valence-electron chi connectivity index (χ2n) is 7.74. The molecule has 3 aliphatic rings. The number of hydrogen-bond donors (Lipinski definition) is 1.